The van der Waals surface area contributed by atoms with E-state index in [0.29, 0.717) is 39.1 Å². The molecule has 0 amide bonds. The van der Waals surface area contributed by atoms with Crippen molar-refractivity contribution in [1.82, 2.24) is 14.1 Å². The van der Waals surface area contributed by atoms with Crippen LogP contribution in [0.25, 0.3) is 0 Å². The third kappa shape index (κ3) is 3.86. The van der Waals surface area contributed by atoms with Crippen LogP contribution in [-0.4, -0.2) is 68.2 Å². The largest absolute Gasteiger partial charge is 0.481 e. The first-order chi connectivity index (χ1) is 8.99. The number of piperidine rings is 1. The summed E-state index contributed by atoms with van der Waals surface area (Å²) in [5.41, 5.74) is 0. The van der Waals surface area contributed by atoms with Gasteiger partial charge >= 0.3 is 5.97 Å². The lowest BCUT2D eigenvalue weighted by Gasteiger charge is -2.33. The lowest BCUT2D eigenvalue weighted by atomic mass is 9.99. The van der Waals surface area contributed by atoms with Gasteiger partial charge in [0.2, 0.25) is 0 Å². The number of carboxylic acid groups (broad SMARTS) is 1. The van der Waals surface area contributed by atoms with Crippen LogP contribution < -0.4 is 4.83 Å². The van der Waals surface area contributed by atoms with E-state index >= 15 is 0 Å². The molecule has 110 valence electrons. The Balaban J connectivity index is 1.88. The molecule has 0 aromatic heterocycles. The van der Waals surface area contributed by atoms with Crippen LogP contribution in [0.1, 0.15) is 12.8 Å². The van der Waals surface area contributed by atoms with Gasteiger partial charge in [0.15, 0.2) is 0 Å². The highest BCUT2D eigenvalue weighted by Crippen LogP contribution is 2.19. The van der Waals surface area contributed by atoms with Crippen LogP contribution in [0, 0.1) is 5.92 Å². The molecular formula is C10H19N3O5S. The summed E-state index contributed by atoms with van der Waals surface area (Å²) >= 11 is 0. The van der Waals surface area contributed by atoms with Crippen LogP contribution in [0.15, 0.2) is 0 Å². The monoisotopic (exact) mass is 293 g/mol. The van der Waals surface area contributed by atoms with E-state index < -0.39 is 22.1 Å². The molecule has 9 heteroatoms. The van der Waals surface area contributed by atoms with Crippen molar-refractivity contribution in [2.24, 2.45) is 5.92 Å². The third-order valence-corrected chi connectivity index (χ3v) is 4.93. The van der Waals surface area contributed by atoms with Crippen molar-refractivity contribution in [2.45, 2.75) is 12.8 Å². The smallest absolute Gasteiger partial charge is 0.306 e. The molecular weight excluding hydrogens is 274 g/mol. The Bertz CT molecular complexity index is 413. The predicted octanol–water partition coefficient (Wildman–Crippen LogP) is -1.14. The molecule has 0 bridgehead atoms. The van der Waals surface area contributed by atoms with Gasteiger partial charge in [-0.3, -0.25) is 4.79 Å². The lowest BCUT2D eigenvalue weighted by Crippen LogP contribution is -2.54. The van der Waals surface area contributed by atoms with Gasteiger partial charge < -0.3 is 9.84 Å². The average Bonchev–Trinajstić information content (AvgIpc) is 2.39. The van der Waals surface area contributed by atoms with Crippen LogP contribution in [0.4, 0.5) is 0 Å². The topological polar surface area (TPSA) is 99.2 Å². The number of rotatable bonds is 4. The van der Waals surface area contributed by atoms with Crippen LogP contribution in [-0.2, 0) is 19.7 Å². The zero-order chi connectivity index (χ0) is 13.9. The number of hydrogen-bond donors (Lipinski definition) is 2. The number of morpholine rings is 1. The van der Waals surface area contributed by atoms with E-state index in [-0.39, 0.29) is 13.1 Å². The van der Waals surface area contributed by atoms with E-state index in [9.17, 15) is 13.2 Å². The van der Waals surface area contributed by atoms with Gasteiger partial charge in [-0.2, -0.15) is 12.7 Å². The minimum Gasteiger partial charge on any atom is -0.481 e. The van der Waals surface area contributed by atoms with Gasteiger partial charge in [0.1, 0.15) is 0 Å². The molecule has 0 aromatic rings. The Hall–Kier alpha value is -0.740. The Morgan fingerprint density at radius 3 is 2.26 bits per heavy atom. The molecule has 2 rings (SSSR count). The second-order valence-corrected chi connectivity index (χ2v) is 6.36. The zero-order valence-corrected chi connectivity index (χ0v) is 11.4. The molecule has 0 unspecified atom stereocenters. The summed E-state index contributed by atoms with van der Waals surface area (Å²) < 4.78 is 30.7. The minimum absolute atomic E-state index is 0.247. The molecule has 2 fully saturated rings. The Morgan fingerprint density at radius 2 is 1.74 bits per heavy atom. The number of carboxylic acids is 1. The molecule has 0 saturated carbocycles. The fraction of sp³-hybridized carbons (Fsp3) is 0.900. The fourth-order valence-corrected chi connectivity index (χ4v) is 3.53. The number of nitrogens with zero attached hydrogens (tertiary/aromatic N) is 2. The summed E-state index contributed by atoms with van der Waals surface area (Å²) in [7, 11) is -3.57. The highest BCUT2D eigenvalue weighted by molar-refractivity contribution is 7.87. The first-order valence-corrected chi connectivity index (χ1v) is 7.76. The van der Waals surface area contributed by atoms with E-state index in [1.807, 2.05) is 0 Å². The molecule has 2 aliphatic rings. The predicted molar refractivity (Wildman–Crippen MR) is 66.4 cm³/mol. The van der Waals surface area contributed by atoms with Gasteiger partial charge in [0.05, 0.1) is 19.1 Å². The molecule has 2 aliphatic heterocycles. The summed E-state index contributed by atoms with van der Waals surface area (Å²) in [6, 6.07) is 0. The van der Waals surface area contributed by atoms with Crippen LogP contribution in [0.2, 0.25) is 0 Å². The molecule has 2 N–H and O–H groups in total. The number of hydrazine groups is 1. The Labute approximate surface area is 112 Å². The quantitative estimate of drug-likeness (QED) is 0.680. The van der Waals surface area contributed by atoms with Crippen molar-refractivity contribution in [3.05, 3.63) is 0 Å². The summed E-state index contributed by atoms with van der Waals surface area (Å²) in [6.45, 7) is 2.54. The molecule has 19 heavy (non-hydrogen) atoms. The maximum absolute atomic E-state index is 12.1. The van der Waals surface area contributed by atoms with E-state index in [4.69, 9.17) is 9.84 Å². The van der Waals surface area contributed by atoms with Gasteiger partial charge in [-0.1, -0.05) is 0 Å². The molecule has 0 aliphatic carbocycles. The first kappa shape index (κ1) is 14.7. The number of aliphatic carboxylic acids is 1. The molecule has 8 nitrogen and oxygen atoms in total. The van der Waals surface area contributed by atoms with E-state index in [1.54, 1.807) is 5.01 Å². The van der Waals surface area contributed by atoms with Crippen LogP contribution >= 0.6 is 0 Å². The number of nitrogens with one attached hydrogen (secondary N) is 1. The summed E-state index contributed by atoms with van der Waals surface area (Å²) in [5, 5.41) is 10.5. The van der Waals surface area contributed by atoms with Crippen molar-refractivity contribution in [3.63, 3.8) is 0 Å². The van der Waals surface area contributed by atoms with Crippen molar-refractivity contribution >= 4 is 16.2 Å². The van der Waals surface area contributed by atoms with E-state index in [1.165, 1.54) is 4.31 Å². The summed E-state index contributed by atoms with van der Waals surface area (Å²) in [4.78, 5) is 13.3. The van der Waals surface area contributed by atoms with Gasteiger partial charge in [-0.25, -0.2) is 5.01 Å². The second kappa shape index (κ2) is 6.14. The van der Waals surface area contributed by atoms with Crippen molar-refractivity contribution in [3.8, 4) is 0 Å². The number of carbonyl (C=O) groups is 1. The van der Waals surface area contributed by atoms with Crippen molar-refractivity contribution in [1.29, 1.82) is 0 Å². The SMILES string of the molecule is O=C(O)C1CCN(S(=O)(=O)NN2CCOCC2)CC1. The summed E-state index contributed by atoms with van der Waals surface area (Å²) in [5.74, 6) is -1.28. The average molecular weight is 293 g/mol. The van der Waals surface area contributed by atoms with Crippen molar-refractivity contribution < 1.29 is 23.1 Å². The number of hydrogen-bond acceptors (Lipinski definition) is 5. The van der Waals surface area contributed by atoms with Crippen molar-refractivity contribution in [2.75, 3.05) is 39.4 Å². The standard InChI is InChI=1S/C10H19N3O5S/c14-10(15)9-1-3-13(4-2-9)19(16,17)11-12-5-7-18-8-6-12/h9,11H,1-8H2,(H,14,15). The maximum atomic E-state index is 12.1. The Kier molecular flexibility index (Phi) is 4.74. The first-order valence-electron chi connectivity index (χ1n) is 6.32. The molecule has 0 radical (unpaired) electrons. The maximum Gasteiger partial charge on any atom is 0.306 e. The molecule has 2 saturated heterocycles. The third-order valence-electron chi connectivity index (χ3n) is 3.40. The fourth-order valence-electron chi connectivity index (χ4n) is 2.22. The molecule has 0 aromatic carbocycles. The van der Waals surface area contributed by atoms with Gasteiger partial charge in [-0.05, 0) is 12.8 Å². The van der Waals surface area contributed by atoms with E-state index in [2.05, 4.69) is 4.83 Å². The summed E-state index contributed by atoms with van der Waals surface area (Å²) in [6.07, 6.45) is 0.721. The second-order valence-electron chi connectivity index (χ2n) is 4.71. The minimum atomic E-state index is -3.57. The van der Waals surface area contributed by atoms with Gasteiger partial charge in [-0.15, -0.1) is 4.83 Å². The molecule has 0 atom stereocenters. The van der Waals surface area contributed by atoms with Gasteiger partial charge in [0, 0.05) is 26.2 Å². The highest BCUT2D eigenvalue weighted by atomic mass is 32.2. The molecule has 2 heterocycles. The van der Waals surface area contributed by atoms with Crippen LogP contribution in [0.3, 0.4) is 0 Å². The highest BCUT2D eigenvalue weighted by Gasteiger charge is 2.32. The Morgan fingerprint density at radius 1 is 1.16 bits per heavy atom. The number of ether oxygens (including phenoxy) is 1. The van der Waals surface area contributed by atoms with Gasteiger partial charge in [0.25, 0.3) is 10.2 Å². The van der Waals surface area contributed by atoms with Crippen LogP contribution in [0.5, 0.6) is 0 Å². The zero-order valence-electron chi connectivity index (χ0n) is 10.6. The van der Waals surface area contributed by atoms with E-state index in [0.717, 1.165) is 0 Å². The lowest BCUT2D eigenvalue weighted by molar-refractivity contribution is -0.142. The normalized spacial score (nSPS) is 24.4. The molecule has 0 spiro atoms.